The van der Waals surface area contributed by atoms with Crippen molar-refractivity contribution in [3.63, 3.8) is 0 Å². The van der Waals surface area contributed by atoms with Crippen LogP contribution in [0.15, 0.2) is 34.3 Å². The SMILES string of the molecule is O=C(O)c1cc(-c2ccc3scnc3c2)on1. The van der Waals surface area contributed by atoms with Crippen molar-refractivity contribution in [1.29, 1.82) is 0 Å². The van der Waals surface area contributed by atoms with Crippen LogP contribution in [-0.2, 0) is 0 Å². The molecule has 0 unspecified atom stereocenters. The molecule has 1 N–H and O–H groups in total. The maximum absolute atomic E-state index is 10.7. The summed E-state index contributed by atoms with van der Waals surface area (Å²) in [5.41, 5.74) is 3.29. The van der Waals surface area contributed by atoms with Crippen LogP contribution in [0.5, 0.6) is 0 Å². The van der Waals surface area contributed by atoms with Gasteiger partial charge in [0.15, 0.2) is 11.5 Å². The first kappa shape index (κ1) is 9.98. The van der Waals surface area contributed by atoms with Crippen molar-refractivity contribution in [2.75, 3.05) is 0 Å². The van der Waals surface area contributed by atoms with Gasteiger partial charge in [0.05, 0.1) is 15.7 Å². The van der Waals surface area contributed by atoms with Gasteiger partial charge in [-0.15, -0.1) is 11.3 Å². The maximum Gasteiger partial charge on any atom is 0.358 e. The molecular formula is C11H6N2O3S. The van der Waals surface area contributed by atoms with E-state index in [1.807, 2.05) is 18.2 Å². The predicted molar refractivity (Wildman–Crippen MR) is 62.1 cm³/mol. The minimum atomic E-state index is -1.10. The number of carbonyl (C=O) groups is 1. The summed E-state index contributed by atoms with van der Waals surface area (Å²) in [5, 5.41) is 12.2. The lowest BCUT2D eigenvalue weighted by molar-refractivity contribution is 0.0686. The second-order valence-corrected chi connectivity index (χ2v) is 4.30. The van der Waals surface area contributed by atoms with Gasteiger partial charge in [0.25, 0.3) is 0 Å². The Balaban J connectivity index is 2.09. The molecule has 0 saturated carbocycles. The fourth-order valence-electron chi connectivity index (χ4n) is 1.52. The standard InChI is InChI=1S/C11H6N2O3S/c14-11(15)8-4-9(16-13-8)6-1-2-10-7(3-6)12-5-17-10/h1-5H,(H,14,15). The molecule has 84 valence electrons. The highest BCUT2D eigenvalue weighted by molar-refractivity contribution is 7.16. The molecule has 6 heteroatoms. The normalized spacial score (nSPS) is 10.8. The molecule has 5 nitrogen and oxygen atoms in total. The zero-order valence-corrected chi connectivity index (χ0v) is 9.27. The van der Waals surface area contributed by atoms with Crippen molar-refractivity contribution >= 4 is 27.5 Å². The summed E-state index contributed by atoms with van der Waals surface area (Å²) in [6, 6.07) is 7.02. The molecule has 0 spiro atoms. The third-order valence-electron chi connectivity index (χ3n) is 2.34. The van der Waals surface area contributed by atoms with E-state index in [4.69, 9.17) is 9.63 Å². The molecule has 2 aromatic heterocycles. The Kier molecular flexibility index (Phi) is 2.15. The highest BCUT2D eigenvalue weighted by Gasteiger charge is 2.12. The number of hydrogen-bond donors (Lipinski definition) is 1. The van der Waals surface area contributed by atoms with Crippen LogP contribution >= 0.6 is 11.3 Å². The molecule has 17 heavy (non-hydrogen) atoms. The Morgan fingerprint density at radius 2 is 2.24 bits per heavy atom. The molecule has 1 aromatic carbocycles. The smallest absolute Gasteiger partial charge is 0.358 e. The van der Waals surface area contributed by atoms with Crippen molar-refractivity contribution in [3.8, 4) is 11.3 Å². The van der Waals surface area contributed by atoms with Crippen molar-refractivity contribution in [2.45, 2.75) is 0 Å². The molecule has 0 bridgehead atoms. The average molecular weight is 246 g/mol. The first-order chi connectivity index (χ1) is 8.24. The van der Waals surface area contributed by atoms with E-state index in [9.17, 15) is 4.79 Å². The zero-order chi connectivity index (χ0) is 11.8. The number of fused-ring (bicyclic) bond motifs is 1. The summed E-state index contributed by atoms with van der Waals surface area (Å²) in [6.07, 6.45) is 0. The summed E-state index contributed by atoms with van der Waals surface area (Å²) in [7, 11) is 0. The van der Waals surface area contributed by atoms with Gasteiger partial charge in [-0.05, 0) is 18.2 Å². The Labute approximate surface area is 99.3 Å². The van der Waals surface area contributed by atoms with Crippen LogP contribution in [0.3, 0.4) is 0 Å². The molecule has 0 aliphatic heterocycles. The highest BCUT2D eigenvalue weighted by atomic mass is 32.1. The fourth-order valence-corrected chi connectivity index (χ4v) is 2.18. The van der Waals surface area contributed by atoms with Crippen LogP contribution in [0.4, 0.5) is 0 Å². The zero-order valence-electron chi connectivity index (χ0n) is 8.45. The first-order valence-corrected chi connectivity index (χ1v) is 5.65. The van der Waals surface area contributed by atoms with Crippen molar-refractivity contribution < 1.29 is 14.4 Å². The lowest BCUT2D eigenvalue weighted by Crippen LogP contribution is -1.94. The van der Waals surface area contributed by atoms with Crippen LogP contribution in [0.1, 0.15) is 10.5 Å². The van der Waals surface area contributed by atoms with Crippen molar-refractivity contribution in [2.24, 2.45) is 0 Å². The fraction of sp³-hybridized carbons (Fsp3) is 0. The Hall–Kier alpha value is -2.21. The Bertz CT molecular complexity index is 701. The number of nitrogens with zero attached hydrogens (tertiary/aromatic N) is 2. The molecule has 0 amide bonds. The van der Waals surface area contributed by atoms with Gasteiger partial charge < -0.3 is 9.63 Å². The molecule has 0 radical (unpaired) electrons. The number of carboxylic acid groups (broad SMARTS) is 1. The number of carboxylic acids is 1. The number of rotatable bonds is 2. The Morgan fingerprint density at radius 1 is 1.35 bits per heavy atom. The van der Waals surface area contributed by atoms with Crippen LogP contribution < -0.4 is 0 Å². The second kappa shape index (κ2) is 3.67. The van der Waals surface area contributed by atoms with Crippen LogP contribution in [0.2, 0.25) is 0 Å². The summed E-state index contributed by atoms with van der Waals surface area (Å²) >= 11 is 1.55. The average Bonchev–Trinajstić information content (AvgIpc) is 2.97. The summed E-state index contributed by atoms with van der Waals surface area (Å²) in [6.45, 7) is 0. The highest BCUT2D eigenvalue weighted by Crippen LogP contribution is 2.26. The first-order valence-electron chi connectivity index (χ1n) is 4.78. The van der Waals surface area contributed by atoms with Crippen LogP contribution in [0, 0.1) is 0 Å². The van der Waals surface area contributed by atoms with Crippen LogP contribution in [0.25, 0.3) is 21.5 Å². The van der Waals surface area contributed by atoms with Gasteiger partial charge in [-0.1, -0.05) is 5.16 Å². The topological polar surface area (TPSA) is 76.2 Å². The molecule has 0 fully saturated rings. The quantitative estimate of drug-likeness (QED) is 0.752. The van der Waals surface area contributed by atoms with Crippen molar-refractivity contribution in [1.82, 2.24) is 10.1 Å². The number of hydrogen-bond acceptors (Lipinski definition) is 5. The van der Waals surface area contributed by atoms with E-state index in [2.05, 4.69) is 10.1 Å². The summed E-state index contributed by atoms with van der Waals surface area (Å²) in [4.78, 5) is 14.9. The van der Waals surface area contributed by atoms with Gasteiger partial charge in [0, 0.05) is 11.6 Å². The van der Waals surface area contributed by atoms with Gasteiger partial charge >= 0.3 is 5.97 Å². The van der Waals surface area contributed by atoms with E-state index in [-0.39, 0.29) is 5.69 Å². The predicted octanol–water partition coefficient (Wildman–Crippen LogP) is 2.65. The molecule has 0 saturated heterocycles. The van der Waals surface area contributed by atoms with Crippen molar-refractivity contribution in [3.05, 3.63) is 35.5 Å². The Morgan fingerprint density at radius 3 is 3.00 bits per heavy atom. The third kappa shape index (κ3) is 1.68. The molecule has 3 rings (SSSR count). The van der Waals surface area contributed by atoms with Gasteiger partial charge in [-0.25, -0.2) is 9.78 Å². The van der Waals surface area contributed by atoms with E-state index >= 15 is 0 Å². The molecule has 0 aliphatic rings. The molecule has 2 heterocycles. The minimum Gasteiger partial charge on any atom is -0.476 e. The maximum atomic E-state index is 10.7. The monoisotopic (exact) mass is 246 g/mol. The summed E-state index contributed by atoms with van der Waals surface area (Å²) < 4.78 is 6.06. The van der Waals surface area contributed by atoms with Crippen LogP contribution in [-0.4, -0.2) is 21.2 Å². The number of thiazole rings is 1. The molecule has 3 aromatic rings. The van der Waals surface area contributed by atoms with E-state index in [1.165, 1.54) is 6.07 Å². The van der Waals surface area contributed by atoms with E-state index in [0.717, 1.165) is 15.8 Å². The molecule has 0 aliphatic carbocycles. The summed E-state index contributed by atoms with van der Waals surface area (Å²) in [5.74, 6) is -0.674. The third-order valence-corrected chi connectivity index (χ3v) is 3.15. The van der Waals surface area contributed by atoms with Gasteiger partial charge in [0.2, 0.25) is 0 Å². The second-order valence-electron chi connectivity index (χ2n) is 3.42. The minimum absolute atomic E-state index is 0.0987. The van der Waals surface area contributed by atoms with Gasteiger partial charge in [0.1, 0.15) is 0 Å². The van der Waals surface area contributed by atoms with E-state index < -0.39 is 5.97 Å². The van der Waals surface area contributed by atoms with Gasteiger partial charge in [-0.2, -0.15) is 0 Å². The largest absolute Gasteiger partial charge is 0.476 e. The number of aromatic carboxylic acids is 1. The number of benzene rings is 1. The molecule has 0 atom stereocenters. The molecular weight excluding hydrogens is 240 g/mol. The van der Waals surface area contributed by atoms with Gasteiger partial charge in [-0.3, -0.25) is 0 Å². The lowest BCUT2D eigenvalue weighted by Gasteiger charge is -1.94. The lowest BCUT2D eigenvalue weighted by atomic mass is 10.1. The van der Waals surface area contributed by atoms with E-state index in [1.54, 1.807) is 16.8 Å². The van der Waals surface area contributed by atoms with E-state index in [0.29, 0.717) is 5.76 Å². The number of aromatic nitrogens is 2.